The Balaban J connectivity index is 1.28. The van der Waals surface area contributed by atoms with Crippen molar-refractivity contribution in [2.24, 2.45) is 7.05 Å². The van der Waals surface area contributed by atoms with Crippen molar-refractivity contribution in [1.29, 1.82) is 0 Å². The number of aromatic nitrogens is 4. The Morgan fingerprint density at radius 2 is 1.70 bits per heavy atom. The smallest absolute Gasteiger partial charge is 0.267 e. The topological polar surface area (TPSA) is 76.3 Å². The van der Waals surface area contributed by atoms with Gasteiger partial charge in [0.05, 0.1) is 17.9 Å². The maximum Gasteiger partial charge on any atom is 0.267 e. The largest absolute Gasteiger partial charge is 0.299 e. The van der Waals surface area contributed by atoms with Crippen LogP contribution in [0.2, 0.25) is 0 Å². The molecule has 0 atom stereocenters. The summed E-state index contributed by atoms with van der Waals surface area (Å²) >= 11 is 0. The quantitative estimate of drug-likeness (QED) is 0.716. The van der Waals surface area contributed by atoms with Crippen molar-refractivity contribution in [3.63, 3.8) is 0 Å². The van der Waals surface area contributed by atoms with Gasteiger partial charge in [0.25, 0.3) is 11.1 Å². The van der Waals surface area contributed by atoms with Crippen LogP contribution in [0.5, 0.6) is 0 Å². The average Bonchev–Trinajstić information content (AvgIpc) is 3.11. The molecule has 1 aliphatic heterocycles. The molecule has 2 aromatic rings. The molecule has 1 aliphatic carbocycles. The van der Waals surface area contributed by atoms with Crippen molar-refractivity contribution in [3.05, 3.63) is 55.9 Å². The van der Waals surface area contributed by atoms with Crippen LogP contribution in [-0.2, 0) is 33.0 Å². The molecular weight excluding hydrogens is 344 g/mol. The van der Waals surface area contributed by atoms with Crippen molar-refractivity contribution in [1.82, 2.24) is 29.4 Å². The van der Waals surface area contributed by atoms with Crippen molar-refractivity contribution < 1.29 is 0 Å². The molecule has 8 heteroatoms. The second kappa shape index (κ2) is 7.74. The van der Waals surface area contributed by atoms with Gasteiger partial charge in [-0.25, -0.2) is 9.36 Å². The average molecular weight is 370 g/mol. The molecule has 0 unspecified atom stereocenters. The Hall–Kier alpha value is -2.32. The van der Waals surface area contributed by atoms with Gasteiger partial charge in [0.1, 0.15) is 0 Å². The zero-order valence-electron chi connectivity index (χ0n) is 15.8. The summed E-state index contributed by atoms with van der Waals surface area (Å²) in [7, 11) is 1.68. The summed E-state index contributed by atoms with van der Waals surface area (Å²) in [5.74, 6) is 0. The number of piperazine rings is 1. The fourth-order valence-corrected chi connectivity index (χ4v) is 3.87. The van der Waals surface area contributed by atoms with E-state index in [1.165, 1.54) is 4.68 Å². The van der Waals surface area contributed by atoms with Gasteiger partial charge in [0, 0.05) is 58.4 Å². The molecule has 0 bridgehead atoms. The lowest BCUT2D eigenvalue weighted by molar-refractivity contribution is 0.121. The van der Waals surface area contributed by atoms with Gasteiger partial charge >= 0.3 is 0 Å². The highest BCUT2D eigenvalue weighted by Gasteiger charge is 2.19. The summed E-state index contributed by atoms with van der Waals surface area (Å²) < 4.78 is 3.01. The summed E-state index contributed by atoms with van der Waals surface area (Å²) in [5.41, 5.74) is 3.09. The second-order valence-electron chi connectivity index (χ2n) is 7.44. The molecule has 8 nitrogen and oxygen atoms in total. The van der Waals surface area contributed by atoms with E-state index in [9.17, 15) is 9.59 Å². The van der Waals surface area contributed by atoms with E-state index in [-0.39, 0.29) is 11.1 Å². The maximum atomic E-state index is 12.2. The molecule has 0 aromatic carbocycles. The molecule has 27 heavy (non-hydrogen) atoms. The minimum absolute atomic E-state index is 0.0232. The zero-order chi connectivity index (χ0) is 18.8. The number of hydrogen-bond acceptors (Lipinski definition) is 6. The maximum absolute atomic E-state index is 12.2. The molecule has 1 saturated heterocycles. The molecular formula is C19H26N6O2. The van der Waals surface area contributed by atoms with Crippen molar-refractivity contribution in [2.45, 2.75) is 32.4 Å². The lowest BCUT2D eigenvalue weighted by atomic mass is 10.2. The van der Waals surface area contributed by atoms with E-state index < -0.39 is 0 Å². The molecule has 0 amide bonds. The highest BCUT2D eigenvalue weighted by molar-refractivity contribution is 5.22. The number of nitrogens with zero attached hydrogens (tertiary/aromatic N) is 6. The predicted molar refractivity (Wildman–Crippen MR) is 102 cm³/mol. The fraction of sp³-hybridized carbons (Fsp3) is 0.579. The lowest BCUT2D eigenvalue weighted by Gasteiger charge is -2.34. The van der Waals surface area contributed by atoms with E-state index in [4.69, 9.17) is 0 Å². The van der Waals surface area contributed by atoms with Gasteiger partial charge in [-0.05, 0) is 30.9 Å². The van der Waals surface area contributed by atoms with Crippen LogP contribution in [0.15, 0.2) is 27.8 Å². The lowest BCUT2D eigenvalue weighted by Crippen LogP contribution is -2.47. The van der Waals surface area contributed by atoms with Crippen LogP contribution >= 0.6 is 0 Å². The van der Waals surface area contributed by atoms with Crippen molar-refractivity contribution >= 4 is 0 Å². The number of aryl methyl sites for hydroxylation is 3. The SMILES string of the molecule is Cn1nc(CN2CCN(CCn3nc4c(cc3=O)CCC4)CC2)ccc1=O. The van der Waals surface area contributed by atoms with E-state index in [1.807, 2.05) is 0 Å². The highest BCUT2D eigenvalue weighted by atomic mass is 16.1. The van der Waals surface area contributed by atoms with E-state index in [1.54, 1.807) is 29.9 Å². The Morgan fingerprint density at radius 3 is 2.48 bits per heavy atom. The van der Waals surface area contributed by atoms with Crippen LogP contribution in [0.25, 0.3) is 0 Å². The molecule has 0 N–H and O–H groups in total. The first kappa shape index (κ1) is 18.1. The predicted octanol–water partition coefficient (Wildman–Crippen LogP) is -0.356. The molecule has 2 aliphatic rings. The molecule has 4 rings (SSSR count). The van der Waals surface area contributed by atoms with Gasteiger partial charge in [0.2, 0.25) is 0 Å². The number of hydrogen-bond donors (Lipinski definition) is 0. The van der Waals surface area contributed by atoms with Crippen LogP contribution in [0.4, 0.5) is 0 Å². The molecule has 2 aromatic heterocycles. The molecule has 144 valence electrons. The molecule has 3 heterocycles. The molecule has 0 saturated carbocycles. The van der Waals surface area contributed by atoms with Gasteiger partial charge < -0.3 is 0 Å². The first-order chi connectivity index (χ1) is 13.1. The third kappa shape index (κ3) is 4.17. The van der Waals surface area contributed by atoms with E-state index >= 15 is 0 Å². The normalized spacial score (nSPS) is 18.0. The monoisotopic (exact) mass is 370 g/mol. The summed E-state index contributed by atoms with van der Waals surface area (Å²) in [6, 6.07) is 5.15. The fourth-order valence-electron chi connectivity index (χ4n) is 3.87. The van der Waals surface area contributed by atoms with Gasteiger partial charge in [-0.15, -0.1) is 0 Å². The third-order valence-electron chi connectivity index (χ3n) is 5.52. The van der Waals surface area contributed by atoms with Crippen LogP contribution in [0, 0.1) is 0 Å². The summed E-state index contributed by atoms with van der Waals surface area (Å²) in [4.78, 5) is 28.4. The highest BCUT2D eigenvalue weighted by Crippen LogP contribution is 2.17. The molecule has 0 radical (unpaired) electrons. The van der Waals surface area contributed by atoms with Crippen LogP contribution in [-0.4, -0.2) is 62.1 Å². The second-order valence-corrected chi connectivity index (χ2v) is 7.44. The standard InChI is InChI=1S/C19H26N6O2/c1-22-18(26)6-5-16(20-22)14-24-9-7-23(8-10-24)11-12-25-19(27)13-15-3-2-4-17(15)21-25/h5-6,13H,2-4,7-12,14H2,1H3. The van der Waals surface area contributed by atoms with E-state index in [0.717, 1.165) is 75.5 Å². The zero-order valence-corrected chi connectivity index (χ0v) is 15.8. The van der Waals surface area contributed by atoms with E-state index in [2.05, 4.69) is 20.0 Å². The molecule has 1 fully saturated rings. The first-order valence-corrected chi connectivity index (χ1v) is 9.66. The number of rotatable bonds is 5. The summed E-state index contributed by atoms with van der Waals surface area (Å²) in [5, 5.41) is 8.86. The Morgan fingerprint density at radius 1 is 0.926 bits per heavy atom. The minimum atomic E-state index is -0.0843. The van der Waals surface area contributed by atoms with Gasteiger partial charge in [0.15, 0.2) is 0 Å². The van der Waals surface area contributed by atoms with Gasteiger partial charge in [-0.3, -0.25) is 19.4 Å². The van der Waals surface area contributed by atoms with Gasteiger partial charge in [-0.2, -0.15) is 10.2 Å². The van der Waals surface area contributed by atoms with E-state index in [0.29, 0.717) is 6.54 Å². The van der Waals surface area contributed by atoms with Crippen molar-refractivity contribution in [2.75, 3.05) is 32.7 Å². The minimum Gasteiger partial charge on any atom is -0.299 e. The molecule has 0 spiro atoms. The summed E-state index contributed by atoms with van der Waals surface area (Å²) in [6.07, 6.45) is 3.09. The van der Waals surface area contributed by atoms with Crippen molar-refractivity contribution in [3.8, 4) is 0 Å². The Labute approximate surface area is 158 Å². The van der Waals surface area contributed by atoms with Gasteiger partial charge in [-0.1, -0.05) is 0 Å². The van der Waals surface area contributed by atoms with Crippen LogP contribution in [0.3, 0.4) is 0 Å². The number of fused-ring (bicyclic) bond motifs is 1. The van der Waals surface area contributed by atoms with Crippen LogP contribution < -0.4 is 11.1 Å². The van der Waals surface area contributed by atoms with Crippen LogP contribution in [0.1, 0.15) is 23.4 Å². The summed E-state index contributed by atoms with van der Waals surface area (Å²) in [6.45, 7) is 6.09. The third-order valence-corrected chi connectivity index (χ3v) is 5.52. The Kier molecular flexibility index (Phi) is 5.18. The Bertz CT molecular complexity index is 927. The first-order valence-electron chi connectivity index (χ1n) is 9.66.